The summed E-state index contributed by atoms with van der Waals surface area (Å²) >= 11 is 2.15. The zero-order valence-corrected chi connectivity index (χ0v) is 10.3. The molecule has 0 aliphatic rings. The normalized spacial score (nSPS) is 9.86. The minimum atomic E-state index is -0.143. The first-order valence-corrected chi connectivity index (χ1v) is 5.77. The second-order valence-corrected chi connectivity index (χ2v) is 4.17. The molecule has 0 amide bonds. The van der Waals surface area contributed by atoms with Crippen LogP contribution in [0.1, 0.15) is 26.2 Å². The van der Waals surface area contributed by atoms with Crippen LogP contribution in [0.3, 0.4) is 0 Å². The molecule has 0 saturated heterocycles. The van der Waals surface area contributed by atoms with E-state index in [1.54, 1.807) is 0 Å². The molecule has 0 spiro atoms. The summed E-state index contributed by atoms with van der Waals surface area (Å²) in [4.78, 5) is 11.3. The van der Waals surface area contributed by atoms with Gasteiger partial charge in [-0.05, 0) is 41.1 Å². The van der Waals surface area contributed by atoms with Gasteiger partial charge in [-0.25, -0.2) is 0 Å². The van der Waals surface area contributed by atoms with Crippen molar-refractivity contribution >= 4 is 28.6 Å². The molecule has 0 unspecified atom stereocenters. The van der Waals surface area contributed by atoms with E-state index in [1.165, 1.54) is 0 Å². The predicted molar refractivity (Wildman–Crippen MR) is 64.3 cm³/mol. The Labute approximate surface area is 97.8 Å². The van der Waals surface area contributed by atoms with Crippen molar-refractivity contribution in [2.45, 2.75) is 26.2 Å². The second-order valence-electron chi connectivity index (χ2n) is 3.01. The van der Waals surface area contributed by atoms with Crippen LogP contribution in [0.2, 0.25) is 0 Å². The number of carbonyl (C=O) groups is 1. The first-order valence-electron chi connectivity index (χ1n) is 4.69. The van der Waals surface area contributed by atoms with Crippen LogP contribution in [0.15, 0.2) is 24.3 Å². The van der Waals surface area contributed by atoms with Gasteiger partial charge < -0.3 is 4.74 Å². The molecule has 0 heterocycles. The molecule has 0 bridgehead atoms. The van der Waals surface area contributed by atoms with E-state index in [4.69, 9.17) is 4.74 Å². The third kappa shape index (κ3) is 3.65. The van der Waals surface area contributed by atoms with E-state index in [0.717, 1.165) is 16.4 Å². The van der Waals surface area contributed by atoms with Crippen molar-refractivity contribution in [3.63, 3.8) is 0 Å². The van der Waals surface area contributed by atoms with Gasteiger partial charge in [0.15, 0.2) is 0 Å². The van der Waals surface area contributed by atoms with Gasteiger partial charge in [0.2, 0.25) is 0 Å². The van der Waals surface area contributed by atoms with E-state index < -0.39 is 0 Å². The fraction of sp³-hybridized carbons (Fsp3) is 0.364. The SMILES string of the molecule is CCCCC(=O)Oc1ccccc1I. The Morgan fingerprint density at radius 2 is 2.14 bits per heavy atom. The number of carbonyl (C=O) groups excluding carboxylic acids is 1. The van der Waals surface area contributed by atoms with Gasteiger partial charge in [-0.15, -0.1) is 0 Å². The molecular formula is C11H13IO2. The summed E-state index contributed by atoms with van der Waals surface area (Å²) in [6, 6.07) is 7.52. The molecule has 14 heavy (non-hydrogen) atoms. The van der Waals surface area contributed by atoms with Gasteiger partial charge in [-0.3, -0.25) is 4.79 Å². The topological polar surface area (TPSA) is 26.3 Å². The van der Waals surface area contributed by atoms with Crippen molar-refractivity contribution in [1.82, 2.24) is 0 Å². The van der Waals surface area contributed by atoms with Gasteiger partial charge >= 0.3 is 5.97 Å². The molecule has 2 nitrogen and oxygen atoms in total. The number of hydrogen-bond donors (Lipinski definition) is 0. The van der Waals surface area contributed by atoms with E-state index in [1.807, 2.05) is 24.3 Å². The summed E-state index contributed by atoms with van der Waals surface area (Å²) in [5, 5.41) is 0. The number of esters is 1. The number of benzene rings is 1. The van der Waals surface area contributed by atoms with Crippen LogP contribution in [0.4, 0.5) is 0 Å². The molecule has 1 aromatic carbocycles. The summed E-state index contributed by atoms with van der Waals surface area (Å²) in [6.07, 6.45) is 2.41. The molecule has 3 heteroatoms. The first-order chi connectivity index (χ1) is 6.74. The summed E-state index contributed by atoms with van der Waals surface area (Å²) in [6.45, 7) is 2.06. The molecule has 0 aliphatic heterocycles. The van der Waals surface area contributed by atoms with Crippen LogP contribution in [0, 0.1) is 3.57 Å². The van der Waals surface area contributed by atoms with E-state index in [9.17, 15) is 4.79 Å². The van der Waals surface area contributed by atoms with Crippen molar-refractivity contribution in [3.8, 4) is 5.75 Å². The lowest BCUT2D eigenvalue weighted by Crippen LogP contribution is -2.08. The highest BCUT2D eigenvalue weighted by atomic mass is 127. The van der Waals surface area contributed by atoms with Gasteiger partial charge in [-0.1, -0.05) is 25.5 Å². The van der Waals surface area contributed by atoms with Crippen molar-refractivity contribution in [2.24, 2.45) is 0 Å². The van der Waals surface area contributed by atoms with Crippen LogP contribution >= 0.6 is 22.6 Å². The summed E-state index contributed by atoms with van der Waals surface area (Å²) in [5.74, 6) is 0.519. The molecule has 1 aromatic rings. The van der Waals surface area contributed by atoms with E-state index >= 15 is 0 Å². The van der Waals surface area contributed by atoms with Crippen LogP contribution in [0.25, 0.3) is 0 Å². The lowest BCUT2D eigenvalue weighted by atomic mass is 10.2. The van der Waals surface area contributed by atoms with Gasteiger partial charge in [0.05, 0.1) is 3.57 Å². The summed E-state index contributed by atoms with van der Waals surface area (Å²) in [5.41, 5.74) is 0. The minimum Gasteiger partial charge on any atom is -0.425 e. The molecule has 76 valence electrons. The van der Waals surface area contributed by atoms with Crippen LogP contribution in [-0.4, -0.2) is 5.97 Å². The maximum Gasteiger partial charge on any atom is 0.311 e. The number of rotatable bonds is 4. The van der Waals surface area contributed by atoms with Gasteiger partial charge in [0, 0.05) is 6.42 Å². The summed E-state index contributed by atoms with van der Waals surface area (Å²) in [7, 11) is 0. The molecule has 0 atom stereocenters. The zero-order chi connectivity index (χ0) is 10.4. The Bertz CT molecular complexity index is 310. The van der Waals surface area contributed by atoms with Crippen LogP contribution in [0.5, 0.6) is 5.75 Å². The Hall–Kier alpha value is -0.580. The molecule has 1 rings (SSSR count). The van der Waals surface area contributed by atoms with Gasteiger partial charge in [-0.2, -0.15) is 0 Å². The molecule has 0 radical (unpaired) electrons. The van der Waals surface area contributed by atoms with Gasteiger partial charge in [0.25, 0.3) is 0 Å². The Balaban J connectivity index is 2.52. The van der Waals surface area contributed by atoms with Crippen molar-refractivity contribution < 1.29 is 9.53 Å². The highest BCUT2D eigenvalue weighted by Gasteiger charge is 2.05. The quantitative estimate of drug-likeness (QED) is 0.484. The average molecular weight is 304 g/mol. The predicted octanol–water partition coefficient (Wildman–Crippen LogP) is 3.39. The van der Waals surface area contributed by atoms with E-state index in [2.05, 4.69) is 29.5 Å². The van der Waals surface area contributed by atoms with E-state index in [-0.39, 0.29) is 5.97 Å². The maximum atomic E-state index is 11.3. The molecule has 0 saturated carbocycles. The lowest BCUT2D eigenvalue weighted by Gasteiger charge is -2.04. The monoisotopic (exact) mass is 304 g/mol. The van der Waals surface area contributed by atoms with Crippen LogP contribution < -0.4 is 4.74 Å². The average Bonchev–Trinajstić information content (AvgIpc) is 2.18. The van der Waals surface area contributed by atoms with Crippen molar-refractivity contribution in [1.29, 1.82) is 0 Å². The first kappa shape index (κ1) is 11.5. The second kappa shape index (κ2) is 6.01. The molecular weight excluding hydrogens is 291 g/mol. The molecule has 0 fully saturated rings. The smallest absolute Gasteiger partial charge is 0.311 e. The number of para-hydroxylation sites is 1. The zero-order valence-electron chi connectivity index (χ0n) is 8.13. The third-order valence-corrected chi connectivity index (χ3v) is 2.69. The Morgan fingerprint density at radius 1 is 1.43 bits per heavy atom. The van der Waals surface area contributed by atoms with Crippen molar-refractivity contribution in [3.05, 3.63) is 27.8 Å². The van der Waals surface area contributed by atoms with Crippen molar-refractivity contribution in [2.75, 3.05) is 0 Å². The van der Waals surface area contributed by atoms with E-state index in [0.29, 0.717) is 12.2 Å². The number of hydrogen-bond acceptors (Lipinski definition) is 2. The number of unbranched alkanes of at least 4 members (excludes halogenated alkanes) is 1. The maximum absolute atomic E-state index is 11.3. The Kier molecular flexibility index (Phi) is 4.93. The fourth-order valence-corrected chi connectivity index (χ4v) is 1.52. The molecule has 0 N–H and O–H groups in total. The van der Waals surface area contributed by atoms with Crippen LogP contribution in [-0.2, 0) is 4.79 Å². The fourth-order valence-electron chi connectivity index (χ4n) is 1.02. The standard InChI is InChI=1S/C11H13IO2/c1-2-3-8-11(13)14-10-7-5-4-6-9(10)12/h4-7H,2-3,8H2,1H3. The van der Waals surface area contributed by atoms with Gasteiger partial charge in [0.1, 0.15) is 5.75 Å². The summed E-state index contributed by atoms with van der Waals surface area (Å²) < 4.78 is 6.17. The largest absolute Gasteiger partial charge is 0.425 e. The highest BCUT2D eigenvalue weighted by molar-refractivity contribution is 14.1. The minimum absolute atomic E-state index is 0.143. The Morgan fingerprint density at radius 3 is 2.79 bits per heavy atom. The lowest BCUT2D eigenvalue weighted by molar-refractivity contribution is -0.134. The third-order valence-electron chi connectivity index (χ3n) is 1.79. The number of halogens is 1. The number of ether oxygens (including phenoxy) is 1. The molecule has 0 aliphatic carbocycles. The highest BCUT2D eigenvalue weighted by Crippen LogP contribution is 2.20. The molecule has 0 aromatic heterocycles.